The second kappa shape index (κ2) is 8.83. The molecule has 1 N–H and O–H groups in total. The maximum Gasteiger partial charge on any atom is 0.258 e. The molecule has 0 aromatic heterocycles. The maximum atomic E-state index is 12.0. The van der Waals surface area contributed by atoms with Crippen LogP contribution in [0.2, 0.25) is 0 Å². The lowest BCUT2D eigenvalue weighted by Crippen LogP contribution is -2.47. The monoisotopic (exact) mass is 332 g/mol. The van der Waals surface area contributed by atoms with Gasteiger partial charge in [0, 0.05) is 37.2 Å². The van der Waals surface area contributed by atoms with Crippen LogP contribution >= 0.6 is 0 Å². The summed E-state index contributed by atoms with van der Waals surface area (Å²) in [7, 11) is 0. The van der Waals surface area contributed by atoms with Gasteiger partial charge in [-0.15, -0.1) is 0 Å². The topological polar surface area (TPSA) is 58.6 Å². The highest BCUT2D eigenvalue weighted by Crippen LogP contribution is 2.14. The first kappa shape index (κ1) is 18.5. The molecule has 0 aliphatic carbocycles. The Balaban J connectivity index is 1.72. The van der Waals surface area contributed by atoms with Crippen molar-refractivity contribution in [2.45, 2.75) is 52.1 Å². The number of likely N-dealkylation sites (tertiary alicyclic amines) is 1. The third-order valence-electron chi connectivity index (χ3n) is 4.49. The summed E-state index contributed by atoms with van der Waals surface area (Å²) in [6, 6.07) is 7.74. The van der Waals surface area contributed by atoms with Gasteiger partial charge in [-0.1, -0.05) is 6.92 Å². The zero-order chi connectivity index (χ0) is 17.5. The van der Waals surface area contributed by atoms with Crippen LogP contribution in [0.4, 0.5) is 0 Å². The number of rotatable bonds is 7. The Labute approximate surface area is 144 Å². The van der Waals surface area contributed by atoms with E-state index < -0.39 is 0 Å². The van der Waals surface area contributed by atoms with Crippen LogP contribution in [0.1, 0.15) is 50.4 Å². The molecular weight excluding hydrogens is 304 g/mol. The van der Waals surface area contributed by atoms with Crippen molar-refractivity contribution in [3.05, 3.63) is 29.8 Å². The summed E-state index contributed by atoms with van der Waals surface area (Å²) in [4.78, 5) is 26.0. The zero-order valence-electron chi connectivity index (χ0n) is 14.9. The van der Waals surface area contributed by atoms with E-state index in [4.69, 9.17) is 4.74 Å². The quantitative estimate of drug-likeness (QED) is 0.780. The lowest BCUT2D eigenvalue weighted by Gasteiger charge is -2.34. The average molecular weight is 332 g/mol. The molecule has 1 fully saturated rings. The van der Waals surface area contributed by atoms with Gasteiger partial charge in [0.1, 0.15) is 5.75 Å². The molecule has 0 radical (unpaired) electrons. The predicted molar refractivity (Wildman–Crippen MR) is 94.4 cm³/mol. The van der Waals surface area contributed by atoms with Crippen LogP contribution in [-0.4, -0.2) is 48.4 Å². The fourth-order valence-electron chi connectivity index (χ4n) is 2.92. The van der Waals surface area contributed by atoms with Crippen molar-refractivity contribution in [3.8, 4) is 5.75 Å². The Morgan fingerprint density at radius 1 is 1.21 bits per heavy atom. The number of amides is 1. The number of benzene rings is 1. The number of nitrogens with one attached hydrogen (secondary N) is 1. The number of ether oxygens (including phenoxy) is 1. The third kappa shape index (κ3) is 5.34. The summed E-state index contributed by atoms with van der Waals surface area (Å²) < 4.78 is 5.50. The van der Waals surface area contributed by atoms with Gasteiger partial charge in [-0.2, -0.15) is 0 Å². The first-order valence-corrected chi connectivity index (χ1v) is 8.79. The molecule has 1 heterocycles. The second-order valence-corrected chi connectivity index (χ2v) is 6.56. The lowest BCUT2D eigenvalue weighted by atomic mass is 10.0. The number of Topliss-reactive ketones (excluding diaryl/α,β-unsaturated/α-hetero) is 1. The summed E-state index contributed by atoms with van der Waals surface area (Å²) in [6.07, 6.45) is 2.45. The van der Waals surface area contributed by atoms with E-state index in [1.165, 1.54) is 0 Å². The van der Waals surface area contributed by atoms with Gasteiger partial charge in [0.15, 0.2) is 12.4 Å². The molecule has 5 nitrogen and oxygen atoms in total. The molecule has 0 unspecified atom stereocenters. The SMILES string of the molecule is CCC(=O)c1ccc(OCC(=O)NC2CCN(C(C)C)CC2)cc1. The largest absolute Gasteiger partial charge is 0.484 e. The summed E-state index contributed by atoms with van der Waals surface area (Å²) in [5.74, 6) is 0.617. The molecule has 132 valence electrons. The molecule has 1 aromatic rings. The highest BCUT2D eigenvalue weighted by Gasteiger charge is 2.22. The molecule has 1 amide bonds. The minimum absolute atomic E-state index is 0.00542. The molecule has 1 aromatic carbocycles. The number of carbonyl (C=O) groups excluding carboxylic acids is 2. The van der Waals surface area contributed by atoms with Crippen LogP contribution in [0, 0.1) is 0 Å². The number of piperidine rings is 1. The van der Waals surface area contributed by atoms with Crippen molar-refractivity contribution >= 4 is 11.7 Å². The average Bonchev–Trinajstić information content (AvgIpc) is 2.60. The molecule has 0 bridgehead atoms. The van der Waals surface area contributed by atoms with E-state index in [-0.39, 0.29) is 24.3 Å². The van der Waals surface area contributed by atoms with E-state index in [1.807, 2.05) is 6.92 Å². The standard InChI is InChI=1S/C19H28N2O3/c1-4-18(22)15-5-7-17(8-6-15)24-13-19(23)20-16-9-11-21(12-10-16)14(2)3/h5-8,14,16H,4,9-13H2,1-3H3,(H,20,23). The van der Waals surface area contributed by atoms with E-state index in [9.17, 15) is 9.59 Å². The van der Waals surface area contributed by atoms with E-state index in [1.54, 1.807) is 24.3 Å². The smallest absolute Gasteiger partial charge is 0.258 e. The first-order chi connectivity index (χ1) is 11.5. The van der Waals surface area contributed by atoms with Crippen LogP contribution in [0.3, 0.4) is 0 Å². The van der Waals surface area contributed by atoms with Gasteiger partial charge in [-0.05, 0) is 51.0 Å². The van der Waals surface area contributed by atoms with Crippen molar-refractivity contribution in [1.29, 1.82) is 0 Å². The Kier molecular flexibility index (Phi) is 6.79. The van der Waals surface area contributed by atoms with Gasteiger partial charge in [-0.3, -0.25) is 9.59 Å². The van der Waals surface area contributed by atoms with Crippen molar-refractivity contribution in [1.82, 2.24) is 10.2 Å². The molecule has 1 saturated heterocycles. The highest BCUT2D eigenvalue weighted by atomic mass is 16.5. The van der Waals surface area contributed by atoms with Gasteiger partial charge in [-0.25, -0.2) is 0 Å². The lowest BCUT2D eigenvalue weighted by molar-refractivity contribution is -0.124. The first-order valence-electron chi connectivity index (χ1n) is 8.79. The molecule has 0 atom stereocenters. The number of ketones is 1. The van der Waals surface area contributed by atoms with E-state index in [2.05, 4.69) is 24.1 Å². The normalized spacial score (nSPS) is 16.2. The highest BCUT2D eigenvalue weighted by molar-refractivity contribution is 5.95. The second-order valence-electron chi connectivity index (χ2n) is 6.56. The number of hydrogen-bond donors (Lipinski definition) is 1. The van der Waals surface area contributed by atoms with Crippen molar-refractivity contribution in [2.24, 2.45) is 0 Å². The van der Waals surface area contributed by atoms with Crippen molar-refractivity contribution < 1.29 is 14.3 Å². The van der Waals surface area contributed by atoms with Crippen LogP contribution in [-0.2, 0) is 4.79 Å². The fourth-order valence-corrected chi connectivity index (χ4v) is 2.92. The molecule has 0 spiro atoms. The van der Waals surface area contributed by atoms with E-state index in [0.29, 0.717) is 23.8 Å². The number of hydrogen-bond acceptors (Lipinski definition) is 4. The molecule has 5 heteroatoms. The summed E-state index contributed by atoms with van der Waals surface area (Å²) in [5.41, 5.74) is 0.672. The maximum absolute atomic E-state index is 12.0. The Morgan fingerprint density at radius 2 is 1.83 bits per heavy atom. The Bertz CT molecular complexity index is 546. The van der Waals surface area contributed by atoms with Gasteiger partial charge >= 0.3 is 0 Å². The van der Waals surface area contributed by atoms with Gasteiger partial charge in [0.2, 0.25) is 0 Å². The summed E-state index contributed by atoms with van der Waals surface area (Å²) in [5, 5.41) is 3.04. The molecule has 2 rings (SSSR count). The Hall–Kier alpha value is -1.88. The van der Waals surface area contributed by atoms with Crippen molar-refractivity contribution in [3.63, 3.8) is 0 Å². The molecular formula is C19H28N2O3. The number of nitrogens with zero attached hydrogens (tertiary/aromatic N) is 1. The minimum atomic E-state index is -0.0910. The van der Waals surface area contributed by atoms with Crippen LogP contribution < -0.4 is 10.1 Å². The van der Waals surface area contributed by atoms with E-state index >= 15 is 0 Å². The fraction of sp³-hybridized carbons (Fsp3) is 0.579. The molecule has 1 aliphatic heterocycles. The van der Waals surface area contributed by atoms with Gasteiger partial charge in [0.25, 0.3) is 5.91 Å². The number of carbonyl (C=O) groups is 2. The van der Waals surface area contributed by atoms with Crippen LogP contribution in [0.25, 0.3) is 0 Å². The Morgan fingerprint density at radius 3 is 2.38 bits per heavy atom. The summed E-state index contributed by atoms with van der Waals surface area (Å²) >= 11 is 0. The molecule has 1 aliphatic rings. The minimum Gasteiger partial charge on any atom is -0.484 e. The van der Waals surface area contributed by atoms with E-state index in [0.717, 1.165) is 25.9 Å². The van der Waals surface area contributed by atoms with Crippen molar-refractivity contribution in [2.75, 3.05) is 19.7 Å². The van der Waals surface area contributed by atoms with Crippen LogP contribution in [0.15, 0.2) is 24.3 Å². The molecule has 0 saturated carbocycles. The summed E-state index contributed by atoms with van der Waals surface area (Å²) in [6.45, 7) is 8.29. The third-order valence-corrected chi connectivity index (χ3v) is 4.49. The molecule has 24 heavy (non-hydrogen) atoms. The van der Waals surface area contributed by atoms with Gasteiger partial charge in [0.05, 0.1) is 0 Å². The zero-order valence-corrected chi connectivity index (χ0v) is 14.9. The van der Waals surface area contributed by atoms with Crippen LogP contribution in [0.5, 0.6) is 5.75 Å². The van der Waals surface area contributed by atoms with Gasteiger partial charge < -0.3 is 15.0 Å². The predicted octanol–water partition coefficient (Wildman–Crippen LogP) is 2.65.